The van der Waals surface area contributed by atoms with Gasteiger partial charge in [0.2, 0.25) is 0 Å². The van der Waals surface area contributed by atoms with Crippen LogP contribution in [0.1, 0.15) is 233 Å². The molecular formula is C56H94O6. The summed E-state index contributed by atoms with van der Waals surface area (Å²) in [5.74, 6) is -0.920. The van der Waals surface area contributed by atoms with Crippen molar-refractivity contribution in [3.05, 3.63) is 85.1 Å². The van der Waals surface area contributed by atoms with Gasteiger partial charge in [0, 0.05) is 19.3 Å². The molecule has 0 aromatic carbocycles. The number of hydrogen-bond acceptors (Lipinski definition) is 6. The fourth-order valence-electron chi connectivity index (χ4n) is 6.78. The molecule has 0 aliphatic rings. The van der Waals surface area contributed by atoms with E-state index in [-0.39, 0.29) is 31.1 Å². The van der Waals surface area contributed by atoms with Gasteiger partial charge in [-0.25, -0.2) is 0 Å². The van der Waals surface area contributed by atoms with Crippen LogP contribution in [0.5, 0.6) is 0 Å². The van der Waals surface area contributed by atoms with Crippen molar-refractivity contribution >= 4 is 17.9 Å². The van der Waals surface area contributed by atoms with Crippen LogP contribution >= 0.6 is 0 Å². The minimum absolute atomic E-state index is 0.0858. The van der Waals surface area contributed by atoms with Crippen molar-refractivity contribution in [2.24, 2.45) is 0 Å². The lowest BCUT2D eigenvalue weighted by molar-refractivity contribution is -0.167. The van der Waals surface area contributed by atoms with Gasteiger partial charge in [-0.15, -0.1) is 0 Å². The molecule has 0 heterocycles. The summed E-state index contributed by atoms with van der Waals surface area (Å²) in [5.41, 5.74) is 0. The standard InChI is InChI=1S/C56H94O6/c1-4-7-10-13-16-18-20-22-24-25-26-27-28-29-30-31-32-34-35-37-40-43-46-49-55(58)61-52-53(51-60-54(57)48-45-42-39-15-12-9-6-3)62-56(59)50-47-44-41-38-36-33-23-21-19-17-14-11-8-5-2/h7,10,14,16-18,21-24,26-27,29-30,53H,4-6,8-9,11-13,15,19-20,25,28,31-52H2,1-3H3/b10-7-,17-14-,18-16-,23-21-,24-22-,27-26-,30-29-. The van der Waals surface area contributed by atoms with E-state index < -0.39 is 6.10 Å². The molecule has 6 heteroatoms. The smallest absolute Gasteiger partial charge is 0.306 e. The Morgan fingerprint density at radius 2 is 0.645 bits per heavy atom. The van der Waals surface area contributed by atoms with Crippen molar-refractivity contribution in [2.45, 2.75) is 239 Å². The van der Waals surface area contributed by atoms with E-state index >= 15 is 0 Å². The highest BCUT2D eigenvalue weighted by atomic mass is 16.6. The molecule has 62 heavy (non-hydrogen) atoms. The molecule has 0 bridgehead atoms. The predicted octanol–water partition coefficient (Wildman–Crippen LogP) is 16.8. The van der Waals surface area contributed by atoms with Gasteiger partial charge in [-0.2, -0.15) is 0 Å². The molecule has 1 unspecified atom stereocenters. The quantitative estimate of drug-likeness (QED) is 0.0263. The Morgan fingerprint density at radius 1 is 0.339 bits per heavy atom. The lowest BCUT2D eigenvalue weighted by Gasteiger charge is -2.18. The van der Waals surface area contributed by atoms with Crippen molar-refractivity contribution in [1.29, 1.82) is 0 Å². The van der Waals surface area contributed by atoms with Gasteiger partial charge in [0.1, 0.15) is 13.2 Å². The van der Waals surface area contributed by atoms with Gasteiger partial charge in [0.05, 0.1) is 0 Å². The molecule has 0 amide bonds. The summed E-state index contributed by atoms with van der Waals surface area (Å²) in [5, 5.41) is 0. The number of carbonyl (C=O) groups excluding carboxylic acids is 3. The monoisotopic (exact) mass is 863 g/mol. The predicted molar refractivity (Wildman–Crippen MR) is 265 cm³/mol. The highest BCUT2D eigenvalue weighted by Crippen LogP contribution is 2.14. The Labute approximate surface area is 382 Å². The van der Waals surface area contributed by atoms with Crippen LogP contribution in [0.25, 0.3) is 0 Å². The average Bonchev–Trinajstić information content (AvgIpc) is 3.27. The van der Waals surface area contributed by atoms with Crippen LogP contribution in [0.3, 0.4) is 0 Å². The number of ether oxygens (including phenoxy) is 3. The van der Waals surface area contributed by atoms with Gasteiger partial charge in [-0.1, -0.05) is 209 Å². The number of esters is 3. The van der Waals surface area contributed by atoms with Crippen molar-refractivity contribution in [3.8, 4) is 0 Å². The molecule has 0 fully saturated rings. The molecule has 354 valence electrons. The van der Waals surface area contributed by atoms with Gasteiger partial charge in [0.15, 0.2) is 6.10 Å². The minimum atomic E-state index is -0.785. The van der Waals surface area contributed by atoms with Gasteiger partial charge >= 0.3 is 17.9 Å². The molecule has 0 aromatic heterocycles. The second-order valence-electron chi connectivity index (χ2n) is 16.7. The Balaban J connectivity index is 4.27. The summed E-state index contributed by atoms with van der Waals surface area (Å²) in [4.78, 5) is 37.8. The Bertz CT molecular complexity index is 1220. The largest absolute Gasteiger partial charge is 0.462 e. The van der Waals surface area contributed by atoms with Gasteiger partial charge in [-0.3, -0.25) is 14.4 Å². The number of allylic oxidation sites excluding steroid dienone is 14. The van der Waals surface area contributed by atoms with Crippen LogP contribution in [0.2, 0.25) is 0 Å². The van der Waals surface area contributed by atoms with E-state index in [0.717, 1.165) is 122 Å². The van der Waals surface area contributed by atoms with Crippen molar-refractivity contribution in [3.63, 3.8) is 0 Å². The zero-order valence-electron chi connectivity index (χ0n) is 40.4. The number of hydrogen-bond donors (Lipinski definition) is 0. The maximum absolute atomic E-state index is 12.7. The first-order valence-electron chi connectivity index (χ1n) is 25.6. The summed E-state index contributed by atoms with van der Waals surface area (Å²) >= 11 is 0. The Kier molecular flexibility index (Phi) is 47.5. The van der Waals surface area contributed by atoms with Gasteiger partial charge < -0.3 is 14.2 Å². The molecule has 0 radical (unpaired) electrons. The first-order valence-corrected chi connectivity index (χ1v) is 25.6. The van der Waals surface area contributed by atoms with E-state index in [1.54, 1.807) is 0 Å². The van der Waals surface area contributed by atoms with Crippen molar-refractivity contribution < 1.29 is 28.6 Å². The molecule has 0 aromatic rings. The minimum Gasteiger partial charge on any atom is -0.462 e. The van der Waals surface area contributed by atoms with Crippen LogP contribution < -0.4 is 0 Å². The molecule has 0 saturated carbocycles. The molecule has 0 saturated heterocycles. The number of carbonyl (C=O) groups is 3. The fourth-order valence-corrected chi connectivity index (χ4v) is 6.78. The SMILES string of the molecule is CC/C=C\C/C=C\C/C=C\C/C=C\C/C=C\CCCCCCCCCC(=O)OCC(COC(=O)CCCCCCCCC)OC(=O)CCCCCCC/C=C\C/C=C\CCCC. The van der Waals surface area contributed by atoms with Crippen LogP contribution in [-0.4, -0.2) is 37.2 Å². The number of unbranched alkanes of at least 4 members (excludes halogenated alkanes) is 20. The van der Waals surface area contributed by atoms with Crippen LogP contribution in [0, 0.1) is 0 Å². The fraction of sp³-hybridized carbons (Fsp3) is 0.696. The van der Waals surface area contributed by atoms with E-state index in [4.69, 9.17) is 14.2 Å². The third-order valence-electron chi connectivity index (χ3n) is 10.6. The zero-order chi connectivity index (χ0) is 45.1. The topological polar surface area (TPSA) is 78.9 Å². The molecule has 6 nitrogen and oxygen atoms in total. The zero-order valence-corrected chi connectivity index (χ0v) is 40.4. The maximum atomic E-state index is 12.7. The van der Waals surface area contributed by atoms with Crippen LogP contribution in [-0.2, 0) is 28.6 Å². The molecule has 0 N–H and O–H groups in total. The molecule has 0 rings (SSSR count). The molecule has 0 spiro atoms. The molecule has 1 atom stereocenters. The summed E-state index contributed by atoms with van der Waals surface area (Å²) in [7, 11) is 0. The van der Waals surface area contributed by atoms with Crippen molar-refractivity contribution in [2.75, 3.05) is 13.2 Å². The molecule has 0 aliphatic heterocycles. The highest BCUT2D eigenvalue weighted by molar-refractivity contribution is 5.71. The van der Waals surface area contributed by atoms with E-state index in [9.17, 15) is 14.4 Å². The van der Waals surface area contributed by atoms with E-state index in [0.29, 0.717) is 19.3 Å². The van der Waals surface area contributed by atoms with Crippen LogP contribution in [0.15, 0.2) is 85.1 Å². The summed E-state index contributed by atoms with van der Waals surface area (Å²) in [6, 6.07) is 0. The van der Waals surface area contributed by atoms with E-state index in [1.165, 1.54) is 70.6 Å². The van der Waals surface area contributed by atoms with E-state index in [1.807, 2.05) is 0 Å². The maximum Gasteiger partial charge on any atom is 0.306 e. The lowest BCUT2D eigenvalue weighted by atomic mass is 10.1. The average molecular weight is 863 g/mol. The molecular weight excluding hydrogens is 769 g/mol. The first kappa shape index (κ1) is 58.6. The highest BCUT2D eigenvalue weighted by Gasteiger charge is 2.19. The lowest BCUT2D eigenvalue weighted by Crippen LogP contribution is -2.30. The summed E-state index contributed by atoms with van der Waals surface area (Å²) in [6.07, 6.45) is 64.4. The van der Waals surface area contributed by atoms with Gasteiger partial charge in [0.25, 0.3) is 0 Å². The van der Waals surface area contributed by atoms with E-state index in [2.05, 4.69) is 106 Å². The number of rotatable bonds is 45. The van der Waals surface area contributed by atoms with Crippen LogP contribution in [0.4, 0.5) is 0 Å². The second kappa shape index (κ2) is 50.2. The third kappa shape index (κ3) is 47.6. The summed E-state index contributed by atoms with van der Waals surface area (Å²) in [6.45, 7) is 6.41. The van der Waals surface area contributed by atoms with Gasteiger partial charge in [-0.05, 0) is 89.9 Å². The molecule has 0 aliphatic carbocycles. The Morgan fingerprint density at radius 3 is 1.03 bits per heavy atom. The first-order chi connectivity index (χ1) is 30.5. The normalized spacial score (nSPS) is 12.8. The Hall–Kier alpha value is -3.41. The summed E-state index contributed by atoms with van der Waals surface area (Å²) < 4.78 is 16.7. The van der Waals surface area contributed by atoms with Crippen molar-refractivity contribution in [1.82, 2.24) is 0 Å². The third-order valence-corrected chi connectivity index (χ3v) is 10.6. The second-order valence-corrected chi connectivity index (χ2v) is 16.7.